The Hall–Kier alpha value is -2.33. The summed E-state index contributed by atoms with van der Waals surface area (Å²) in [6.07, 6.45) is -3.92. The molecule has 2 heterocycles. The molecular weight excluding hydrogens is 618 g/mol. The van der Waals surface area contributed by atoms with Crippen molar-refractivity contribution in [2.45, 2.75) is 44.4 Å². The minimum absolute atomic E-state index is 0.105. The summed E-state index contributed by atoms with van der Waals surface area (Å²) >= 11 is 0. The number of halogens is 1. The molecule has 0 amide bonds. The van der Waals surface area contributed by atoms with Crippen LogP contribution in [0, 0.1) is 5.82 Å². The Morgan fingerprint density at radius 1 is 1.20 bits per heavy atom. The van der Waals surface area contributed by atoms with E-state index >= 15 is 0 Å². The Balaban J connectivity index is 1.52. The maximum absolute atomic E-state index is 13.6. The van der Waals surface area contributed by atoms with Crippen molar-refractivity contribution in [1.82, 2.24) is 14.6 Å². The summed E-state index contributed by atoms with van der Waals surface area (Å²) in [7, 11) is -15.4. The van der Waals surface area contributed by atoms with E-state index in [2.05, 4.69) is 18.2 Å². The van der Waals surface area contributed by atoms with Crippen molar-refractivity contribution in [3.05, 3.63) is 68.7 Å². The van der Waals surface area contributed by atoms with Gasteiger partial charge in [-0.05, 0) is 12.5 Å². The quantitative estimate of drug-likeness (QED) is 0.151. The predicted molar refractivity (Wildman–Crippen MR) is 136 cm³/mol. The molecule has 21 heteroatoms. The molecule has 0 bridgehead atoms. The van der Waals surface area contributed by atoms with Crippen LogP contribution in [0.15, 0.2) is 46.1 Å². The minimum atomic E-state index is -5.58. The number of carbonyl (C=O) groups excluding carboxylic acids is 1. The van der Waals surface area contributed by atoms with E-state index in [0.29, 0.717) is 16.3 Å². The normalized spacial score (nSPS) is 24.1. The molecule has 5 N–H and O–H groups in total. The number of aromatic nitrogens is 2. The summed E-state index contributed by atoms with van der Waals surface area (Å²) in [4.78, 5) is 56.7. The van der Waals surface area contributed by atoms with E-state index in [9.17, 15) is 47.4 Å². The number of aliphatic hydroxyl groups is 1. The molecule has 41 heavy (non-hydrogen) atoms. The lowest BCUT2D eigenvalue weighted by atomic mass is 10.2. The second kappa shape index (κ2) is 13.3. The summed E-state index contributed by atoms with van der Waals surface area (Å²) < 4.78 is 74.9. The van der Waals surface area contributed by atoms with Gasteiger partial charge in [0.1, 0.15) is 25.0 Å². The van der Waals surface area contributed by atoms with E-state index in [1.54, 1.807) is 35.3 Å². The number of hydrogen-bond donors (Lipinski definition) is 5. The molecule has 0 spiro atoms. The van der Waals surface area contributed by atoms with Gasteiger partial charge in [-0.25, -0.2) is 23.3 Å². The fraction of sp³-hybridized carbons (Fsp3) is 0.450. The maximum Gasteiger partial charge on any atom is 0.487 e. The number of esters is 1. The van der Waals surface area contributed by atoms with Crippen LogP contribution in [0.1, 0.15) is 25.1 Å². The maximum atomic E-state index is 13.6. The van der Waals surface area contributed by atoms with Crippen LogP contribution < -0.4 is 16.3 Å². The smallest absolute Gasteiger partial charge is 0.460 e. The zero-order valence-corrected chi connectivity index (χ0v) is 24.1. The molecule has 3 rings (SSSR count). The van der Waals surface area contributed by atoms with E-state index in [4.69, 9.17) is 9.47 Å². The molecule has 1 aliphatic rings. The molecule has 0 aliphatic carbocycles. The Morgan fingerprint density at radius 2 is 1.85 bits per heavy atom. The number of H-pyrrole nitrogens is 1. The monoisotopic (exact) mass is 645 g/mol. The third-order valence-corrected chi connectivity index (χ3v) is 10.4. The predicted octanol–water partition coefficient (Wildman–Crippen LogP) is 1.12. The molecule has 1 aromatic carbocycles. The number of phosphoric acid groups is 2. The lowest BCUT2D eigenvalue weighted by molar-refractivity contribution is -0.146. The minimum Gasteiger partial charge on any atom is -0.460 e. The number of nitrogens with zero attached hydrogens (tertiary/aromatic N) is 1. The van der Waals surface area contributed by atoms with Gasteiger partial charge in [-0.1, -0.05) is 30.3 Å². The highest BCUT2D eigenvalue weighted by molar-refractivity contribution is 7.69. The van der Waals surface area contributed by atoms with Gasteiger partial charge in [-0.2, -0.15) is 8.70 Å². The summed E-state index contributed by atoms with van der Waals surface area (Å²) in [6, 6.07) is 7.29. The molecule has 1 fully saturated rings. The van der Waals surface area contributed by atoms with Crippen molar-refractivity contribution in [2.75, 3.05) is 13.3 Å². The van der Waals surface area contributed by atoms with Crippen LogP contribution in [-0.2, 0) is 47.7 Å². The first-order chi connectivity index (χ1) is 19.0. The zero-order chi connectivity index (χ0) is 30.6. The number of phosphoric ester groups is 1. The number of ether oxygens (including phenoxy) is 2. The van der Waals surface area contributed by atoms with Crippen LogP contribution in [-0.4, -0.2) is 61.9 Å². The van der Waals surface area contributed by atoms with E-state index in [-0.39, 0.29) is 13.0 Å². The molecule has 1 aliphatic heterocycles. The van der Waals surface area contributed by atoms with Gasteiger partial charge >= 0.3 is 27.3 Å². The second-order valence-corrected chi connectivity index (χ2v) is 14.2. The molecule has 7 atom stereocenters. The Kier molecular flexibility index (Phi) is 10.8. The topological polar surface area (TPSA) is 242 Å². The molecule has 17 nitrogen and oxygen atoms in total. The van der Waals surface area contributed by atoms with Gasteiger partial charge in [0.2, 0.25) is 5.82 Å². The third-order valence-electron chi connectivity index (χ3n) is 5.31. The molecule has 2 aromatic rings. The highest BCUT2D eigenvalue weighted by Crippen LogP contribution is 2.66. The van der Waals surface area contributed by atoms with Gasteiger partial charge in [0, 0.05) is 13.1 Å². The fourth-order valence-corrected chi connectivity index (χ4v) is 8.05. The van der Waals surface area contributed by atoms with Gasteiger partial charge in [0.15, 0.2) is 0 Å². The summed E-state index contributed by atoms with van der Waals surface area (Å²) in [5, 5.41) is 12.3. The van der Waals surface area contributed by atoms with Crippen molar-refractivity contribution < 1.29 is 60.4 Å². The number of carbonyl (C=O) groups is 1. The Bertz CT molecular complexity index is 1500. The molecule has 3 unspecified atom stereocenters. The van der Waals surface area contributed by atoms with Gasteiger partial charge in [-0.15, -0.1) is 0 Å². The Labute approximate surface area is 230 Å². The van der Waals surface area contributed by atoms with Crippen LogP contribution in [0.2, 0.25) is 0 Å². The highest BCUT2D eigenvalue weighted by atomic mass is 31.3. The number of aliphatic hydroxyl groups excluding tert-OH is 1. The van der Waals surface area contributed by atoms with Gasteiger partial charge < -0.3 is 24.4 Å². The summed E-state index contributed by atoms with van der Waals surface area (Å²) in [5.74, 6) is -2.19. The average molecular weight is 645 g/mol. The van der Waals surface area contributed by atoms with Crippen molar-refractivity contribution in [2.24, 2.45) is 0 Å². The van der Waals surface area contributed by atoms with Crippen molar-refractivity contribution in [1.29, 1.82) is 0 Å². The molecule has 0 radical (unpaired) electrons. The highest BCUT2D eigenvalue weighted by Gasteiger charge is 2.43. The molecule has 1 saturated heterocycles. The third kappa shape index (κ3) is 9.87. The van der Waals surface area contributed by atoms with Crippen molar-refractivity contribution >= 4 is 29.1 Å². The van der Waals surface area contributed by atoms with E-state index in [1.807, 2.05) is 0 Å². The Morgan fingerprint density at radius 3 is 2.51 bits per heavy atom. The molecule has 0 saturated carbocycles. The number of hydrogen-bond acceptors (Lipinski definition) is 12. The van der Waals surface area contributed by atoms with Crippen LogP contribution in [0.4, 0.5) is 4.39 Å². The van der Waals surface area contributed by atoms with Crippen LogP contribution in [0.3, 0.4) is 0 Å². The summed E-state index contributed by atoms with van der Waals surface area (Å²) in [6.45, 7) is 0.990. The SMILES string of the molecule is C[C@H](NP(C)(=O)OP(=O)(O)OP(=O)(O)OC[C@H]1O[C@@H](n2cc(F)c(=O)[nH]c2=O)C[C@H]1O)C(=O)OCc1ccccc1. The fourth-order valence-electron chi connectivity index (χ4n) is 3.53. The van der Waals surface area contributed by atoms with Crippen LogP contribution >= 0.6 is 23.2 Å². The van der Waals surface area contributed by atoms with E-state index in [1.165, 1.54) is 6.92 Å². The molecule has 228 valence electrons. The number of nitrogens with one attached hydrogen (secondary N) is 2. The summed E-state index contributed by atoms with van der Waals surface area (Å²) in [5.41, 5.74) is -1.66. The van der Waals surface area contributed by atoms with Gasteiger partial charge in [0.05, 0.1) is 18.9 Å². The zero-order valence-electron chi connectivity index (χ0n) is 21.4. The first-order valence-electron chi connectivity index (χ1n) is 11.6. The first-order valence-corrected chi connectivity index (χ1v) is 16.7. The van der Waals surface area contributed by atoms with Crippen molar-refractivity contribution in [3.8, 4) is 0 Å². The van der Waals surface area contributed by atoms with Crippen LogP contribution in [0.5, 0.6) is 0 Å². The number of benzene rings is 1. The number of aromatic amines is 1. The van der Waals surface area contributed by atoms with Gasteiger partial charge in [0.25, 0.3) is 13.1 Å². The largest absolute Gasteiger partial charge is 0.487 e. The average Bonchev–Trinajstić information content (AvgIpc) is 3.22. The molecule has 1 aromatic heterocycles. The number of rotatable bonds is 13. The first kappa shape index (κ1) is 33.2. The molecular formula is C20H27FN3O14P3. The van der Waals surface area contributed by atoms with Crippen molar-refractivity contribution in [3.63, 3.8) is 0 Å². The lowest BCUT2D eigenvalue weighted by Crippen LogP contribution is -2.34. The second-order valence-electron chi connectivity index (χ2n) is 8.76. The van der Waals surface area contributed by atoms with Gasteiger partial charge in [-0.3, -0.25) is 28.2 Å². The lowest BCUT2D eigenvalue weighted by Gasteiger charge is -2.23. The standard InChI is InChI=1S/C20H27FN3O14P3/c1-12(19(27)34-10-13-6-4-3-5-7-13)23-39(2,29)37-41(32,33)38-40(30,31)35-11-16-15(25)8-17(36-16)24-9-14(21)18(26)22-20(24)28/h3-7,9,12,15-17,25H,8,10-11H2,1-2H3,(H,23,29)(H,30,31)(H,32,33)(H,22,26,28)/t12-,15+,16+,17+,39?/m0/s1. The van der Waals surface area contributed by atoms with E-state index < -0.39 is 77.3 Å². The van der Waals surface area contributed by atoms with Crippen LogP contribution in [0.25, 0.3) is 0 Å². The van der Waals surface area contributed by atoms with E-state index in [0.717, 1.165) is 6.66 Å².